The Labute approximate surface area is 174 Å². The van der Waals surface area contributed by atoms with Crippen molar-refractivity contribution >= 4 is 51.7 Å². The molecule has 6 nitrogen and oxygen atoms in total. The maximum absolute atomic E-state index is 13.2. The minimum absolute atomic E-state index is 0.0233. The van der Waals surface area contributed by atoms with Crippen molar-refractivity contribution in [3.8, 4) is 5.69 Å². The average molecular weight is 425 g/mol. The van der Waals surface area contributed by atoms with Crippen molar-refractivity contribution in [2.75, 3.05) is 4.90 Å². The van der Waals surface area contributed by atoms with Crippen LogP contribution in [0.15, 0.2) is 71.8 Å². The lowest BCUT2D eigenvalue weighted by atomic mass is 10.2. The second-order valence-corrected chi connectivity index (χ2v) is 7.75. The number of nitro groups is 1. The molecule has 1 aliphatic heterocycles. The predicted molar refractivity (Wildman–Crippen MR) is 114 cm³/mol. The lowest BCUT2D eigenvalue weighted by Gasteiger charge is -2.14. The zero-order valence-corrected chi connectivity index (χ0v) is 16.3. The van der Waals surface area contributed by atoms with Crippen molar-refractivity contribution in [2.45, 2.75) is 0 Å². The second kappa shape index (κ2) is 7.61. The van der Waals surface area contributed by atoms with Crippen LogP contribution in [-0.4, -0.2) is 19.7 Å². The summed E-state index contributed by atoms with van der Waals surface area (Å²) in [6.45, 7) is 0. The van der Waals surface area contributed by atoms with Gasteiger partial charge in [-0.05, 0) is 48.5 Å². The summed E-state index contributed by atoms with van der Waals surface area (Å²) in [6.07, 6.45) is 3.44. The number of carbonyl (C=O) groups is 1. The van der Waals surface area contributed by atoms with Crippen molar-refractivity contribution in [1.29, 1.82) is 0 Å². The zero-order valence-electron chi connectivity index (χ0n) is 14.7. The van der Waals surface area contributed by atoms with E-state index in [1.54, 1.807) is 41.1 Å². The molecule has 3 aromatic rings. The summed E-state index contributed by atoms with van der Waals surface area (Å²) in [5.41, 5.74) is 1.74. The van der Waals surface area contributed by atoms with Crippen molar-refractivity contribution in [2.24, 2.45) is 0 Å². The number of aromatic nitrogens is 1. The van der Waals surface area contributed by atoms with E-state index < -0.39 is 10.7 Å². The van der Waals surface area contributed by atoms with Gasteiger partial charge in [-0.2, -0.15) is 0 Å². The number of anilines is 1. The third kappa shape index (κ3) is 3.69. The number of carbonyl (C=O) groups excluding carboxylic acids is 1. The van der Waals surface area contributed by atoms with Gasteiger partial charge in [0.05, 0.1) is 21.2 Å². The van der Waals surface area contributed by atoms with Crippen molar-refractivity contribution in [1.82, 2.24) is 4.57 Å². The van der Waals surface area contributed by atoms with Gasteiger partial charge in [0.25, 0.3) is 11.6 Å². The molecule has 1 aromatic heterocycles. The lowest BCUT2D eigenvalue weighted by Crippen LogP contribution is -2.27. The Hall–Kier alpha value is -3.30. The van der Waals surface area contributed by atoms with Gasteiger partial charge in [0.1, 0.15) is 5.82 Å². The average Bonchev–Trinajstić information content (AvgIpc) is 3.27. The predicted octanol–water partition coefficient (Wildman–Crippen LogP) is 4.93. The largest absolute Gasteiger partial charge is 0.317 e. The number of rotatable bonds is 4. The molecule has 4 rings (SSSR count). The van der Waals surface area contributed by atoms with Crippen molar-refractivity contribution in [3.05, 3.63) is 93.4 Å². The van der Waals surface area contributed by atoms with Gasteiger partial charge in [-0.25, -0.2) is 4.39 Å². The molecule has 1 amide bonds. The number of nitro benzene ring substituents is 1. The number of non-ortho nitro benzene ring substituents is 1. The maximum atomic E-state index is 13.2. The Balaban J connectivity index is 1.68. The van der Waals surface area contributed by atoms with Gasteiger partial charge in [0.2, 0.25) is 0 Å². The third-order valence-corrected chi connectivity index (χ3v) is 5.56. The molecule has 0 saturated carbocycles. The van der Waals surface area contributed by atoms with E-state index in [0.29, 0.717) is 26.3 Å². The minimum atomic E-state index is -0.458. The molecule has 2 aromatic carbocycles. The van der Waals surface area contributed by atoms with Crippen LogP contribution in [0, 0.1) is 15.9 Å². The lowest BCUT2D eigenvalue weighted by molar-refractivity contribution is -0.384. The molecule has 144 valence electrons. The number of nitrogens with zero attached hydrogens (tertiary/aromatic N) is 3. The van der Waals surface area contributed by atoms with Gasteiger partial charge in [-0.3, -0.25) is 19.8 Å². The molecule has 0 spiro atoms. The standard InChI is InChI=1S/C20H12FN3O3S2/c21-13-6-8-14(9-7-13)23-19(25)18(29-20(23)28)12-16-5-2-10-22(16)15-3-1-4-17(11-15)24(26)27/h1-12H/b18-12+. The highest BCUT2D eigenvalue weighted by Gasteiger charge is 2.33. The van der Waals surface area contributed by atoms with Gasteiger partial charge >= 0.3 is 0 Å². The van der Waals surface area contributed by atoms with E-state index in [0.717, 1.165) is 11.8 Å². The molecule has 1 saturated heterocycles. The van der Waals surface area contributed by atoms with Crippen LogP contribution in [0.25, 0.3) is 11.8 Å². The zero-order chi connectivity index (χ0) is 20.5. The Morgan fingerprint density at radius 3 is 2.55 bits per heavy atom. The van der Waals surface area contributed by atoms with Crippen LogP contribution in [0.4, 0.5) is 15.8 Å². The first-order valence-electron chi connectivity index (χ1n) is 8.40. The smallest absolute Gasteiger partial charge is 0.271 e. The molecule has 0 bridgehead atoms. The summed E-state index contributed by atoms with van der Waals surface area (Å²) in [6, 6.07) is 15.3. The summed E-state index contributed by atoms with van der Waals surface area (Å²) >= 11 is 6.47. The van der Waals surface area contributed by atoms with E-state index >= 15 is 0 Å². The first-order chi connectivity index (χ1) is 13.9. The summed E-state index contributed by atoms with van der Waals surface area (Å²) in [5.74, 6) is -0.706. The number of hydrogen-bond acceptors (Lipinski definition) is 5. The van der Waals surface area contributed by atoms with E-state index in [1.807, 2.05) is 0 Å². The Morgan fingerprint density at radius 2 is 1.83 bits per heavy atom. The van der Waals surface area contributed by atoms with E-state index in [1.165, 1.54) is 41.3 Å². The molecule has 0 radical (unpaired) electrons. The third-order valence-electron chi connectivity index (χ3n) is 4.26. The first-order valence-corrected chi connectivity index (χ1v) is 9.62. The van der Waals surface area contributed by atoms with Gasteiger partial charge in [-0.15, -0.1) is 0 Å². The fourth-order valence-corrected chi connectivity index (χ4v) is 4.20. The quantitative estimate of drug-likeness (QED) is 0.257. The number of benzene rings is 2. The summed E-state index contributed by atoms with van der Waals surface area (Å²) in [4.78, 5) is 25.2. The Bertz CT molecular complexity index is 1170. The molecule has 0 unspecified atom stereocenters. The number of amides is 1. The van der Waals surface area contributed by atoms with Crippen molar-refractivity contribution in [3.63, 3.8) is 0 Å². The van der Waals surface area contributed by atoms with Crippen LogP contribution < -0.4 is 4.90 Å². The van der Waals surface area contributed by atoms with Crippen LogP contribution in [0.3, 0.4) is 0 Å². The molecular weight excluding hydrogens is 413 g/mol. The highest BCUT2D eigenvalue weighted by molar-refractivity contribution is 8.27. The molecule has 0 atom stereocenters. The van der Waals surface area contributed by atoms with Crippen LogP contribution in [0.5, 0.6) is 0 Å². The topological polar surface area (TPSA) is 68.4 Å². The molecular formula is C20H12FN3O3S2. The molecule has 1 aliphatic rings. The number of thiocarbonyl (C=S) groups is 1. The van der Waals surface area contributed by atoms with E-state index in [2.05, 4.69) is 0 Å². The number of thioether (sulfide) groups is 1. The molecule has 29 heavy (non-hydrogen) atoms. The van der Waals surface area contributed by atoms with Crippen LogP contribution in [-0.2, 0) is 4.79 Å². The second-order valence-electron chi connectivity index (χ2n) is 6.07. The fraction of sp³-hybridized carbons (Fsp3) is 0. The highest BCUT2D eigenvalue weighted by atomic mass is 32.2. The number of hydrogen-bond donors (Lipinski definition) is 0. The van der Waals surface area contributed by atoms with Gasteiger partial charge in [-0.1, -0.05) is 30.0 Å². The summed E-state index contributed by atoms with van der Waals surface area (Å²) in [5, 5.41) is 11.1. The SMILES string of the molecule is O=C1/C(=C\c2cccn2-c2cccc([N+](=O)[O-])c2)SC(=S)N1c1ccc(F)cc1. The monoisotopic (exact) mass is 425 g/mol. The van der Waals surface area contributed by atoms with E-state index in [4.69, 9.17) is 12.2 Å². The Kier molecular flexibility index (Phi) is 4.99. The minimum Gasteiger partial charge on any atom is -0.317 e. The molecule has 1 fully saturated rings. The maximum Gasteiger partial charge on any atom is 0.271 e. The van der Waals surface area contributed by atoms with Crippen LogP contribution in [0.1, 0.15) is 5.69 Å². The normalized spacial score (nSPS) is 15.3. The summed E-state index contributed by atoms with van der Waals surface area (Å²) < 4.78 is 15.3. The van der Waals surface area contributed by atoms with Crippen LogP contribution >= 0.6 is 24.0 Å². The molecule has 2 heterocycles. The number of halogens is 1. The Morgan fingerprint density at radius 1 is 1.07 bits per heavy atom. The van der Waals surface area contributed by atoms with Crippen molar-refractivity contribution < 1.29 is 14.1 Å². The molecule has 0 aliphatic carbocycles. The fourth-order valence-electron chi connectivity index (χ4n) is 2.92. The molecule has 0 N–H and O–H groups in total. The van der Waals surface area contributed by atoms with E-state index in [-0.39, 0.29) is 11.6 Å². The molecule has 9 heteroatoms. The van der Waals surface area contributed by atoms with Gasteiger partial charge < -0.3 is 4.57 Å². The first kappa shape index (κ1) is 19.0. The highest BCUT2D eigenvalue weighted by Crippen LogP contribution is 2.36. The van der Waals surface area contributed by atoms with Crippen LogP contribution in [0.2, 0.25) is 0 Å². The van der Waals surface area contributed by atoms with Gasteiger partial charge in [0, 0.05) is 24.0 Å². The summed E-state index contributed by atoms with van der Waals surface area (Å²) in [7, 11) is 0. The van der Waals surface area contributed by atoms with E-state index in [9.17, 15) is 19.3 Å². The van der Waals surface area contributed by atoms with Gasteiger partial charge in [0.15, 0.2) is 4.32 Å².